The molecule has 4 saturated carbocycles. The van der Waals surface area contributed by atoms with Gasteiger partial charge in [-0.3, -0.25) is 4.79 Å². The van der Waals surface area contributed by atoms with Gasteiger partial charge in [0.25, 0.3) is 0 Å². The fourth-order valence-electron chi connectivity index (χ4n) is 6.20. The summed E-state index contributed by atoms with van der Waals surface area (Å²) in [5, 5.41) is 8.89. The topological polar surface area (TPSA) is 46.5 Å². The smallest absolute Gasteiger partial charge is 0.188 e. The maximum Gasteiger partial charge on any atom is 0.188 e. The zero-order valence-corrected chi connectivity index (χ0v) is 15.8. The van der Waals surface area contributed by atoms with Gasteiger partial charge in [-0.15, -0.1) is 0 Å². The summed E-state index contributed by atoms with van der Waals surface area (Å²) in [6.07, 6.45) is 7.01. The number of rotatable bonds is 5. The lowest BCUT2D eigenvalue weighted by Crippen LogP contribution is -2.43. The van der Waals surface area contributed by atoms with Crippen molar-refractivity contribution in [2.75, 3.05) is 6.61 Å². The van der Waals surface area contributed by atoms with Crippen LogP contribution in [0.25, 0.3) is 0 Å². The lowest BCUT2D eigenvalue weighted by molar-refractivity contribution is -0.00279. The molecule has 0 aromatic heterocycles. The Kier molecular flexibility index (Phi) is 4.47. The largest absolute Gasteiger partial charge is 0.454 e. The molecule has 0 saturated heterocycles. The number of hydrogen-bond donors (Lipinski definition) is 1. The van der Waals surface area contributed by atoms with Gasteiger partial charge in [-0.1, -0.05) is 12.1 Å². The van der Waals surface area contributed by atoms with Crippen LogP contribution in [0.5, 0.6) is 11.5 Å². The van der Waals surface area contributed by atoms with E-state index in [1.165, 1.54) is 49.8 Å². The monoisotopic (exact) mass is 380 g/mol. The van der Waals surface area contributed by atoms with Gasteiger partial charge in [0.05, 0.1) is 0 Å². The number of aliphatic hydroxyl groups is 1. The van der Waals surface area contributed by atoms with Gasteiger partial charge in [-0.25, -0.2) is 4.39 Å². The summed E-state index contributed by atoms with van der Waals surface area (Å²) < 4.78 is 19.9. The summed E-state index contributed by atoms with van der Waals surface area (Å²) in [5.74, 6) is 3.81. The minimum atomic E-state index is -0.633. The van der Waals surface area contributed by atoms with Gasteiger partial charge in [-0.05, 0) is 97.6 Å². The number of hydrogen-bond acceptors (Lipinski definition) is 3. The van der Waals surface area contributed by atoms with Crippen LogP contribution >= 0.6 is 0 Å². The van der Waals surface area contributed by atoms with Crippen molar-refractivity contribution in [1.29, 1.82) is 0 Å². The molecule has 0 aliphatic heterocycles. The fraction of sp³-hybridized carbons (Fsp3) is 0.458. The van der Waals surface area contributed by atoms with Crippen LogP contribution in [0.3, 0.4) is 0 Å². The quantitative estimate of drug-likeness (QED) is 0.713. The Bertz CT molecular complexity index is 861. The molecule has 4 bridgehead atoms. The molecule has 3 nitrogen and oxygen atoms in total. The van der Waals surface area contributed by atoms with Crippen LogP contribution in [0.2, 0.25) is 0 Å². The average molecular weight is 380 g/mol. The molecule has 4 aliphatic rings. The second-order valence-electron chi connectivity index (χ2n) is 8.85. The average Bonchev–Trinajstić information content (AvgIpc) is 2.69. The number of ketones is 1. The Labute approximate surface area is 164 Å². The Hall–Kier alpha value is -2.20. The standard InChI is InChI=1S/C24H25FO3/c25-21-12-17(22(27)13-26)3-6-23(21)28-20-4-1-16(2-5-20)24-18-8-14-7-15(10-18)11-19(24)9-14/h1-6,12,14-15,18-19,24,26H,7-11,13H2. The summed E-state index contributed by atoms with van der Waals surface area (Å²) in [4.78, 5) is 11.5. The van der Waals surface area contributed by atoms with E-state index in [9.17, 15) is 9.18 Å². The van der Waals surface area contributed by atoms with E-state index < -0.39 is 18.2 Å². The lowest BCUT2D eigenvalue weighted by Gasteiger charge is -2.54. The van der Waals surface area contributed by atoms with Crippen molar-refractivity contribution >= 4 is 5.78 Å². The molecule has 4 fully saturated rings. The van der Waals surface area contributed by atoms with Gasteiger partial charge in [0, 0.05) is 5.56 Å². The number of carbonyl (C=O) groups excluding carboxylic acids is 1. The summed E-state index contributed by atoms with van der Waals surface area (Å²) in [7, 11) is 0. The Morgan fingerprint density at radius 3 is 2.18 bits per heavy atom. The number of Topliss-reactive ketones (excluding diaryl/α,β-unsaturated/α-hetero) is 1. The zero-order chi connectivity index (χ0) is 19.3. The molecule has 0 unspecified atom stereocenters. The minimum absolute atomic E-state index is 0.0804. The van der Waals surface area contributed by atoms with Crippen molar-refractivity contribution in [2.45, 2.75) is 38.0 Å². The lowest BCUT2D eigenvalue weighted by atomic mass is 9.51. The normalized spacial score (nSPS) is 30.4. The van der Waals surface area contributed by atoms with E-state index in [4.69, 9.17) is 9.84 Å². The molecular formula is C24H25FO3. The predicted molar refractivity (Wildman–Crippen MR) is 104 cm³/mol. The number of ether oxygens (including phenoxy) is 1. The van der Waals surface area contributed by atoms with Crippen molar-refractivity contribution in [2.24, 2.45) is 23.7 Å². The van der Waals surface area contributed by atoms with Crippen molar-refractivity contribution < 1.29 is 19.0 Å². The van der Waals surface area contributed by atoms with E-state index in [0.717, 1.165) is 29.7 Å². The van der Waals surface area contributed by atoms with Crippen LogP contribution in [-0.4, -0.2) is 17.5 Å². The Balaban J connectivity index is 1.31. The molecule has 28 heavy (non-hydrogen) atoms. The van der Waals surface area contributed by atoms with Crippen LogP contribution in [0.4, 0.5) is 4.39 Å². The van der Waals surface area contributed by atoms with Crippen LogP contribution < -0.4 is 4.74 Å². The zero-order valence-electron chi connectivity index (χ0n) is 15.8. The van der Waals surface area contributed by atoms with E-state index in [2.05, 4.69) is 12.1 Å². The second kappa shape index (κ2) is 7.00. The number of halogens is 1. The van der Waals surface area contributed by atoms with E-state index in [-0.39, 0.29) is 11.3 Å². The Morgan fingerprint density at radius 1 is 0.964 bits per heavy atom. The highest BCUT2D eigenvalue weighted by molar-refractivity contribution is 5.97. The highest BCUT2D eigenvalue weighted by Gasteiger charge is 2.48. The van der Waals surface area contributed by atoms with Crippen LogP contribution in [0.1, 0.15) is 53.9 Å². The van der Waals surface area contributed by atoms with Crippen molar-refractivity contribution in [3.8, 4) is 11.5 Å². The first-order chi connectivity index (χ1) is 13.6. The van der Waals surface area contributed by atoms with Gasteiger partial charge < -0.3 is 9.84 Å². The first-order valence-electron chi connectivity index (χ1n) is 10.3. The third kappa shape index (κ3) is 3.14. The third-order valence-corrected chi connectivity index (χ3v) is 7.12. The second-order valence-corrected chi connectivity index (χ2v) is 8.85. The summed E-state index contributed by atoms with van der Waals surface area (Å²) in [6.45, 7) is -0.633. The first-order valence-corrected chi connectivity index (χ1v) is 10.3. The first kappa shape index (κ1) is 17.9. The van der Waals surface area contributed by atoms with Crippen LogP contribution in [0.15, 0.2) is 42.5 Å². The maximum absolute atomic E-state index is 14.2. The molecule has 0 atom stereocenters. The molecule has 2 aromatic carbocycles. The molecule has 2 aromatic rings. The third-order valence-electron chi connectivity index (χ3n) is 7.12. The van der Waals surface area contributed by atoms with Gasteiger partial charge in [0.15, 0.2) is 17.3 Å². The molecular weight excluding hydrogens is 355 g/mol. The maximum atomic E-state index is 14.2. The predicted octanol–water partition coefficient (Wildman–Crippen LogP) is 5.33. The SMILES string of the molecule is O=C(CO)c1ccc(Oc2ccc(C3C4CC5CC(C4)CC3C5)cc2)c(F)c1. The molecule has 0 heterocycles. The molecule has 4 heteroatoms. The van der Waals surface area contributed by atoms with Gasteiger partial charge in [0.1, 0.15) is 12.4 Å². The number of aliphatic hydroxyl groups excluding tert-OH is 1. The van der Waals surface area contributed by atoms with Gasteiger partial charge in [-0.2, -0.15) is 0 Å². The molecule has 6 rings (SSSR count). The van der Waals surface area contributed by atoms with E-state index in [0.29, 0.717) is 11.7 Å². The van der Waals surface area contributed by atoms with Crippen LogP contribution in [0, 0.1) is 29.5 Å². The number of benzene rings is 2. The van der Waals surface area contributed by atoms with E-state index >= 15 is 0 Å². The number of carbonyl (C=O) groups is 1. The molecule has 4 aliphatic carbocycles. The van der Waals surface area contributed by atoms with Gasteiger partial charge in [0.2, 0.25) is 0 Å². The van der Waals surface area contributed by atoms with E-state index in [1.54, 1.807) is 0 Å². The highest BCUT2D eigenvalue weighted by Crippen LogP contribution is 2.59. The molecule has 1 N–H and O–H groups in total. The van der Waals surface area contributed by atoms with Crippen molar-refractivity contribution in [3.63, 3.8) is 0 Å². The minimum Gasteiger partial charge on any atom is -0.454 e. The van der Waals surface area contributed by atoms with Crippen LogP contribution in [-0.2, 0) is 0 Å². The highest BCUT2D eigenvalue weighted by atomic mass is 19.1. The molecule has 0 amide bonds. The summed E-state index contributed by atoms with van der Waals surface area (Å²) in [5.41, 5.74) is 1.54. The van der Waals surface area contributed by atoms with Gasteiger partial charge >= 0.3 is 0 Å². The Morgan fingerprint density at radius 2 is 1.61 bits per heavy atom. The van der Waals surface area contributed by atoms with Crippen molar-refractivity contribution in [3.05, 3.63) is 59.4 Å². The molecule has 0 spiro atoms. The molecule has 146 valence electrons. The molecule has 0 radical (unpaired) electrons. The summed E-state index contributed by atoms with van der Waals surface area (Å²) >= 11 is 0. The summed E-state index contributed by atoms with van der Waals surface area (Å²) in [6, 6.07) is 12.1. The van der Waals surface area contributed by atoms with E-state index in [1.807, 2.05) is 12.1 Å². The van der Waals surface area contributed by atoms with Crippen molar-refractivity contribution in [1.82, 2.24) is 0 Å². The fourth-order valence-corrected chi connectivity index (χ4v) is 6.20.